The molecule has 0 amide bonds. The summed E-state index contributed by atoms with van der Waals surface area (Å²) in [6.45, 7) is 2.49. The van der Waals surface area contributed by atoms with Gasteiger partial charge < -0.3 is 5.32 Å². The van der Waals surface area contributed by atoms with Crippen LogP contribution in [-0.2, 0) is 0 Å². The van der Waals surface area contributed by atoms with Gasteiger partial charge in [-0.1, -0.05) is 36.3 Å². The Morgan fingerprint density at radius 1 is 1.40 bits per heavy atom. The number of nitrogens with zero attached hydrogens (tertiary/aromatic N) is 1. The lowest BCUT2D eigenvalue weighted by atomic mass is 10.0. The molecule has 0 aromatic heterocycles. The van der Waals surface area contributed by atoms with Crippen molar-refractivity contribution in [1.82, 2.24) is 5.32 Å². The van der Waals surface area contributed by atoms with Gasteiger partial charge in [-0.2, -0.15) is 5.26 Å². The molecule has 2 atom stereocenters. The summed E-state index contributed by atoms with van der Waals surface area (Å²) in [5.41, 5.74) is 1.02. The molecule has 1 rings (SSSR count). The minimum Gasteiger partial charge on any atom is -0.302 e. The molecule has 0 bridgehead atoms. The Balaban J connectivity index is 2.60. The van der Waals surface area contributed by atoms with E-state index >= 15 is 0 Å². The van der Waals surface area contributed by atoms with Crippen LogP contribution >= 0.6 is 0 Å². The van der Waals surface area contributed by atoms with E-state index in [1.165, 1.54) is 0 Å². The minimum atomic E-state index is -0.137. The first-order valence-electron chi connectivity index (χ1n) is 4.92. The van der Waals surface area contributed by atoms with E-state index < -0.39 is 0 Å². The normalized spacial score (nSPS) is 13.5. The van der Waals surface area contributed by atoms with Gasteiger partial charge in [-0.25, -0.2) is 0 Å². The molecule has 1 aromatic rings. The summed E-state index contributed by atoms with van der Waals surface area (Å²) < 4.78 is 0. The lowest BCUT2D eigenvalue weighted by Gasteiger charge is -2.12. The summed E-state index contributed by atoms with van der Waals surface area (Å²) in [5, 5.41) is 12.1. The van der Waals surface area contributed by atoms with E-state index in [0.29, 0.717) is 6.54 Å². The molecule has 0 heterocycles. The Morgan fingerprint density at radius 2 is 2.07 bits per heavy atom. The van der Waals surface area contributed by atoms with Crippen molar-refractivity contribution in [2.24, 2.45) is 0 Å². The fourth-order valence-corrected chi connectivity index (χ4v) is 1.28. The van der Waals surface area contributed by atoms with Gasteiger partial charge in [0.15, 0.2) is 0 Å². The fourth-order valence-electron chi connectivity index (χ4n) is 1.28. The van der Waals surface area contributed by atoms with Crippen molar-refractivity contribution in [2.45, 2.75) is 18.9 Å². The molecule has 0 spiro atoms. The van der Waals surface area contributed by atoms with E-state index in [-0.39, 0.29) is 12.0 Å². The third kappa shape index (κ3) is 3.46. The predicted molar refractivity (Wildman–Crippen MR) is 61.1 cm³/mol. The molecule has 76 valence electrons. The van der Waals surface area contributed by atoms with Crippen molar-refractivity contribution in [1.29, 1.82) is 5.26 Å². The first kappa shape index (κ1) is 11.3. The van der Waals surface area contributed by atoms with Crippen molar-refractivity contribution >= 4 is 0 Å². The fraction of sp³-hybridized carbons (Fsp3) is 0.308. The third-order valence-electron chi connectivity index (χ3n) is 2.24. The number of nitrogens with one attached hydrogen (secondary N) is 1. The average Bonchev–Trinajstić information content (AvgIpc) is 2.31. The van der Waals surface area contributed by atoms with E-state index in [0.717, 1.165) is 5.56 Å². The highest BCUT2D eigenvalue weighted by Gasteiger charge is 2.10. The van der Waals surface area contributed by atoms with Gasteiger partial charge in [0.05, 0.1) is 18.0 Å². The van der Waals surface area contributed by atoms with E-state index in [1.807, 2.05) is 37.3 Å². The van der Waals surface area contributed by atoms with Crippen LogP contribution in [0.15, 0.2) is 30.3 Å². The molecule has 0 fully saturated rings. The van der Waals surface area contributed by atoms with Crippen LogP contribution in [-0.4, -0.2) is 12.6 Å². The van der Waals surface area contributed by atoms with Crippen LogP contribution < -0.4 is 5.32 Å². The van der Waals surface area contributed by atoms with Crippen molar-refractivity contribution in [3.05, 3.63) is 35.9 Å². The van der Waals surface area contributed by atoms with Crippen molar-refractivity contribution < 1.29 is 0 Å². The molecule has 2 nitrogen and oxygen atoms in total. The van der Waals surface area contributed by atoms with Crippen LogP contribution in [0.2, 0.25) is 0 Å². The summed E-state index contributed by atoms with van der Waals surface area (Å²) in [7, 11) is 0. The maximum Gasteiger partial charge on any atom is 0.0837 e. The molecule has 0 radical (unpaired) electrons. The molecule has 0 saturated heterocycles. The van der Waals surface area contributed by atoms with Crippen molar-refractivity contribution in [2.75, 3.05) is 6.54 Å². The molecule has 0 aliphatic rings. The van der Waals surface area contributed by atoms with Gasteiger partial charge in [0.25, 0.3) is 0 Å². The Morgan fingerprint density at radius 3 is 2.60 bits per heavy atom. The van der Waals surface area contributed by atoms with Gasteiger partial charge in [0, 0.05) is 6.54 Å². The summed E-state index contributed by atoms with van der Waals surface area (Å²) in [6.07, 6.45) is 5.24. The lowest BCUT2D eigenvalue weighted by Crippen LogP contribution is -2.28. The molecular formula is C13H14N2. The van der Waals surface area contributed by atoms with E-state index in [2.05, 4.69) is 17.3 Å². The van der Waals surface area contributed by atoms with Crippen LogP contribution in [0.1, 0.15) is 18.4 Å². The smallest absolute Gasteiger partial charge is 0.0837 e. The maximum absolute atomic E-state index is 9.02. The maximum atomic E-state index is 9.02. The molecule has 2 heteroatoms. The summed E-state index contributed by atoms with van der Waals surface area (Å²) in [4.78, 5) is 0. The Labute approximate surface area is 90.9 Å². The van der Waals surface area contributed by atoms with E-state index in [1.54, 1.807) is 0 Å². The van der Waals surface area contributed by atoms with Gasteiger partial charge in [-0.3, -0.25) is 0 Å². The molecule has 0 aliphatic carbocycles. The highest BCUT2D eigenvalue weighted by Crippen LogP contribution is 2.13. The first-order chi connectivity index (χ1) is 7.27. The number of rotatable bonds is 4. The van der Waals surface area contributed by atoms with Gasteiger partial charge in [-0.05, 0) is 12.5 Å². The molecule has 0 aliphatic heterocycles. The predicted octanol–water partition coefficient (Wildman–Crippen LogP) is 1.91. The van der Waals surface area contributed by atoms with Crippen molar-refractivity contribution in [3.8, 4) is 18.4 Å². The zero-order valence-corrected chi connectivity index (χ0v) is 8.77. The second-order valence-corrected chi connectivity index (χ2v) is 3.39. The van der Waals surface area contributed by atoms with Crippen molar-refractivity contribution in [3.63, 3.8) is 0 Å². The van der Waals surface area contributed by atoms with E-state index in [9.17, 15) is 0 Å². The van der Waals surface area contributed by atoms with Gasteiger partial charge in [-0.15, -0.1) is 6.42 Å². The number of hydrogen-bond donors (Lipinski definition) is 1. The molecule has 1 N–H and O–H groups in total. The number of hydrogen-bond acceptors (Lipinski definition) is 2. The molecular weight excluding hydrogens is 184 g/mol. The zero-order valence-electron chi connectivity index (χ0n) is 8.77. The summed E-state index contributed by atoms with van der Waals surface area (Å²) >= 11 is 0. The van der Waals surface area contributed by atoms with Crippen LogP contribution in [0.25, 0.3) is 0 Å². The van der Waals surface area contributed by atoms with Crippen LogP contribution in [0.3, 0.4) is 0 Å². The topological polar surface area (TPSA) is 35.8 Å². The van der Waals surface area contributed by atoms with Gasteiger partial charge in [0.2, 0.25) is 0 Å². The van der Waals surface area contributed by atoms with Gasteiger partial charge in [0.1, 0.15) is 0 Å². The highest BCUT2D eigenvalue weighted by atomic mass is 14.9. The largest absolute Gasteiger partial charge is 0.302 e. The van der Waals surface area contributed by atoms with Crippen LogP contribution in [0, 0.1) is 23.7 Å². The monoisotopic (exact) mass is 198 g/mol. The molecule has 0 saturated carbocycles. The SMILES string of the molecule is C#CC(C)NCC(C#N)c1ccccc1. The Hall–Kier alpha value is -1.77. The second kappa shape index (κ2) is 5.86. The quantitative estimate of drug-likeness (QED) is 0.750. The second-order valence-electron chi connectivity index (χ2n) is 3.39. The third-order valence-corrected chi connectivity index (χ3v) is 2.24. The average molecular weight is 198 g/mol. The Kier molecular flexibility index (Phi) is 4.41. The van der Waals surface area contributed by atoms with Gasteiger partial charge >= 0.3 is 0 Å². The lowest BCUT2D eigenvalue weighted by molar-refractivity contribution is 0.618. The summed E-state index contributed by atoms with van der Waals surface area (Å²) in [5.74, 6) is 2.44. The number of terminal acetylenes is 1. The minimum absolute atomic E-state index is 0.00422. The number of nitriles is 1. The molecule has 2 unspecified atom stereocenters. The molecule has 1 aromatic carbocycles. The Bertz CT molecular complexity index is 370. The molecule has 15 heavy (non-hydrogen) atoms. The van der Waals surface area contributed by atoms with E-state index in [4.69, 9.17) is 11.7 Å². The first-order valence-corrected chi connectivity index (χ1v) is 4.92. The summed E-state index contributed by atoms with van der Waals surface area (Å²) in [6, 6.07) is 12.0. The number of benzene rings is 1. The van der Waals surface area contributed by atoms with Crippen LogP contribution in [0.4, 0.5) is 0 Å². The highest BCUT2D eigenvalue weighted by molar-refractivity contribution is 5.25. The van der Waals surface area contributed by atoms with Crippen LogP contribution in [0.5, 0.6) is 0 Å². The standard InChI is InChI=1S/C13H14N2/c1-3-11(2)15-10-13(9-14)12-7-5-4-6-8-12/h1,4-8,11,13,15H,10H2,2H3. The zero-order chi connectivity index (χ0) is 11.1.